The van der Waals surface area contributed by atoms with Gasteiger partial charge in [-0.15, -0.1) is 0 Å². The first-order valence-electron chi connectivity index (χ1n) is 10.4. The van der Waals surface area contributed by atoms with E-state index >= 15 is 0 Å². The van der Waals surface area contributed by atoms with Crippen LogP contribution in [-0.2, 0) is 17.8 Å². The van der Waals surface area contributed by atoms with Crippen molar-refractivity contribution in [3.8, 4) is 5.75 Å². The molecule has 7 heteroatoms. The van der Waals surface area contributed by atoms with Gasteiger partial charge in [0.1, 0.15) is 5.75 Å². The Hall–Kier alpha value is -2.51. The van der Waals surface area contributed by atoms with Gasteiger partial charge in [-0.3, -0.25) is 14.5 Å². The average molecular weight is 424 g/mol. The molecule has 2 aromatic carbocycles. The lowest BCUT2D eigenvalue weighted by Crippen LogP contribution is -2.60. The van der Waals surface area contributed by atoms with E-state index in [1.807, 2.05) is 0 Å². The maximum atomic E-state index is 12.5. The second kappa shape index (κ2) is 7.96. The molecule has 6 nitrogen and oxygen atoms in total. The highest BCUT2D eigenvalue weighted by Crippen LogP contribution is 2.42. The number of carbonyl (C=O) groups is 2. The third-order valence-electron chi connectivity index (χ3n) is 6.03. The second-order valence-corrected chi connectivity index (χ2v) is 9.14. The molecule has 2 amide bonds. The van der Waals surface area contributed by atoms with Gasteiger partial charge >= 0.3 is 0 Å². The smallest absolute Gasteiger partial charge is 0.270 e. The Labute approximate surface area is 180 Å². The van der Waals surface area contributed by atoms with E-state index in [1.54, 1.807) is 30.0 Å². The van der Waals surface area contributed by atoms with Gasteiger partial charge in [0.2, 0.25) is 5.60 Å². The van der Waals surface area contributed by atoms with Crippen molar-refractivity contribution >= 4 is 29.3 Å². The Kier molecular flexibility index (Phi) is 5.16. The molecule has 1 spiro atoms. The number of rotatable bonds is 5. The Morgan fingerprint density at radius 1 is 1.20 bits per heavy atom. The Morgan fingerprint density at radius 3 is 2.83 bits per heavy atom. The van der Waals surface area contributed by atoms with Gasteiger partial charge in [0, 0.05) is 43.2 Å². The topological polar surface area (TPSA) is 70.7 Å². The van der Waals surface area contributed by atoms with Crippen LogP contribution in [0.3, 0.4) is 0 Å². The summed E-state index contributed by atoms with van der Waals surface area (Å²) in [4.78, 5) is 27.3. The van der Waals surface area contributed by atoms with Crippen molar-refractivity contribution < 1.29 is 14.3 Å². The van der Waals surface area contributed by atoms with E-state index in [4.69, 9.17) is 4.74 Å². The first-order chi connectivity index (χ1) is 14.6. The number of benzene rings is 2. The molecule has 0 atom stereocenters. The van der Waals surface area contributed by atoms with Gasteiger partial charge in [0.25, 0.3) is 11.8 Å². The Morgan fingerprint density at radius 2 is 2.03 bits per heavy atom. The molecule has 1 fully saturated rings. The van der Waals surface area contributed by atoms with Crippen LogP contribution in [0.15, 0.2) is 42.5 Å². The summed E-state index contributed by atoms with van der Waals surface area (Å²) in [5.41, 5.74) is 3.24. The molecule has 3 aliphatic heterocycles. The van der Waals surface area contributed by atoms with E-state index in [9.17, 15) is 9.59 Å². The van der Waals surface area contributed by atoms with Crippen LogP contribution < -0.4 is 15.4 Å². The standard InChI is InChI=1S/C23H25N3O3S/c27-21(24-9-3-10-26-11-8-16-4-1-2-5-18(16)13-26)17-6-7-20-19(12-17)25-22(28)23(29-20)14-30-15-23/h1-2,4-7,12H,3,8-11,13-15H2,(H,24,27)(H,25,28). The summed E-state index contributed by atoms with van der Waals surface area (Å²) in [6.45, 7) is 3.63. The molecule has 0 bridgehead atoms. The number of amides is 2. The molecule has 3 heterocycles. The van der Waals surface area contributed by atoms with Crippen molar-refractivity contribution in [1.82, 2.24) is 10.2 Å². The Bertz CT molecular complexity index is 989. The number of hydrogen-bond donors (Lipinski definition) is 2. The molecular weight excluding hydrogens is 398 g/mol. The number of carbonyl (C=O) groups excluding carboxylic acids is 2. The van der Waals surface area contributed by atoms with Gasteiger partial charge in [0.15, 0.2) is 0 Å². The van der Waals surface area contributed by atoms with Gasteiger partial charge in [-0.2, -0.15) is 11.8 Å². The molecule has 2 N–H and O–H groups in total. The van der Waals surface area contributed by atoms with Crippen LogP contribution >= 0.6 is 11.8 Å². The van der Waals surface area contributed by atoms with Crippen molar-refractivity contribution in [1.29, 1.82) is 0 Å². The summed E-state index contributed by atoms with van der Waals surface area (Å²) in [5.74, 6) is 1.73. The van der Waals surface area contributed by atoms with Gasteiger partial charge in [-0.25, -0.2) is 0 Å². The minimum Gasteiger partial charge on any atom is -0.473 e. The fourth-order valence-corrected chi connectivity index (χ4v) is 5.14. The lowest BCUT2D eigenvalue weighted by molar-refractivity contribution is -0.129. The van der Waals surface area contributed by atoms with Gasteiger partial charge in [-0.1, -0.05) is 24.3 Å². The minimum absolute atomic E-state index is 0.116. The van der Waals surface area contributed by atoms with Gasteiger partial charge < -0.3 is 15.4 Å². The molecule has 0 aliphatic carbocycles. The summed E-state index contributed by atoms with van der Waals surface area (Å²) < 4.78 is 5.92. The molecular formula is C23H25N3O3S. The van der Waals surface area contributed by atoms with Crippen molar-refractivity contribution in [2.75, 3.05) is 36.5 Å². The van der Waals surface area contributed by atoms with Gasteiger partial charge in [0.05, 0.1) is 5.69 Å². The molecule has 0 aromatic heterocycles. The van der Waals surface area contributed by atoms with Gasteiger partial charge in [-0.05, 0) is 42.2 Å². The van der Waals surface area contributed by atoms with E-state index in [0.717, 1.165) is 32.5 Å². The maximum Gasteiger partial charge on any atom is 0.270 e. The van der Waals surface area contributed by atoms with Crippen molar-refractivity contribution in [3.05, 3.63) is 59.2 Å². The number of hydrogen-bond acceptors (Lipinski definition) is 5. The number of nitrogens with one attached hydrogen (secondary N) is 2. The summed E-state index contributed by atoms with van der Waals surface area (Å²) in [6.07, 6.45) is 1.99. The van der Waals surface area contributed by atoms with Crippen LogP contribution in [0, 0.1) is 0 Å². The molecule has 30 heavy (non-hydrogen) atoms. The normalized spacial score (nSPS) is 19.1. The second-order valence-electron chi connectivity index (χ2n) is 8.16. The molecule has 156 valence electrons. The fourth-order valence-electron chi connectivity index (χ4n) is 4.18. The largest absolute Gasteiger partial charge is 0.473 e. The van der Waals surface area contributed by atoms with Crippen molar-refractivity contribution in [2.45, 2.75) is 25.0 Å². The molecule has 0 radical (unpaired) electrons. The molecule has 5 rings (SSSR count). The molecule has 3 aliphatic rings. The van der Waals surface area contributed by atoms with Crippen LogP contribution in [-0.4, -0.2) is 53.5 Å². The summed E-state index contributed by atoms with van der Waals surface area (Å²) in [6, 6.07) is 13.8. The van der Waals surface area contributed by atoms with Crippen LogP contribution in [0.5, 0.6) is 5.75 Å². The highest BCUT2D eigenvalue weighted by molar-refractivity contribution is 8.01. The predicted molar refractivity (Wildman–Crippen MR) is 118 cm³/mol. The highest BCUT2D eigenvalue weighted by Gasteiger charge is 2.50. The number of fused-ring (bicyclic) bond motifs is 2. The zero-order valence-electron chi connectivity index (χ0n) is 16.8. The quantitative estimate of drug-likeness (QED) is 0.724. The molecule has 1 saturated heterocycles. The molecule has 0 saturated carbocycles. The number of ether oxygens (including phenoxy) is 1. The monoisotopic (exact) mass is 423 g/mol. The fraction of sp³-hybridized carbons (Fsp3) is 0.391. The van der Waals surface area contributed by atoms with Crippen molar-refractivity contribution in [2.24, 2.45) is 0 Å². The average Bonchev–Trinajstić information content (AvgIpc) is 2.74. The van der Waals surface area contributed by atoms with E-state index in [1.165, 1.54) is 11.1 Å². The lowest BCUT2D eigenvalue weighted by atomic mass is 10.00. The summed E-state index contributed by atoms with van der Waals surface area (Å²) in [5, 5.41) is 5.89. The highest BCUT2D eigenvalue weighted by atomic mass is 32.2. The van der Waals surface area contributed by atoms with Crippen LogP contribution in [0.1, 0.15) is 27.9 Å². The lowest BCUT2D eigenvalue weighted by Gasteiger charge is -2.42. The third-order valence-corrected chi connectivity index (χ3v) is 7.37. The SMILES string of the molecule is O=C(NCCCN1CCc2ccccc2C1)c1ccc2c(c1)NC(=O)C1(CSC1)O2. The summed E-state index contributed by atoms with van der Waals surface area (Å²) >= 11 is 1.69. The predicted octanol–water partition coefficient (Wildman–Crippen LogP) is 2.68. The van der Waals surface area contributed by atoms with Crippen LogP contribution in [0.2, 0.25) is 0 Å². The zero-order valence-corrected chi connectivity index (χ0v) is 17.6. The third kappa shape index (κ3) is 3.68. The van der Waals surface area contributed by atoms with E-state index < -0.39 is 5.60 Å². The number of nitrogens with zero attached hydrogens (tertiary/aromatic N) is 1. The van der Waals surface area contributed by atoms with Crippen LogP contribution in [0.4, 0.5) is 5.69 Å². The minimum atomic E-state index is -0.726. The van der Waals surface area contributed by atoms with E-state index in [2.05, 4.69) is 39.8 Å². The first kappa shape index (κ1) is 19.5. The van der Waals surface area contributed by atoms with E-state index in [0.29, 0.717) is 35.1 Å². The Balaban J connectivity index is 1.12. The number of anilines is 1. The summed E-state index contributed by atoms with van der Waals surface area (Å²) in [7, 11) is 0. The van der Waals surface area contributed by atoms with E-state index in [-0.39, 0.29) is 11.8 Å². The molecule has 2 aromatic rings. The zero-order chi connectivity index (χ0) is 20.6. The number of thioether (sulfide) groups is 1. The van der Waals surface area contributed by atoms with Crippen molar-refractivity contribution in [3.63, 3.8) is 0 Å². The van der Waals surface area contributed by atoms with Crippen LogP contribution in [0.25, 0.3) is 0 Å². The molecule has 0 unspecified atom stereocenters. The maximum absolute atomic E-state index is 12.5. The first-order valence-corrected chi connectivity index (χ1v) is 11.6.